The molecule has 4 nitrogen and oxygen atoms in total. The monoisotopic (exact) mass is 307 g/mol. The van der Waals surface area contributed by atoms with Crippen LogP contribution in [0.5, 0.6) is 0 Å². The van der Waals surface area contributed by atoms with E-state index in [-0.39, 0.29) is 17.5 Å². The highest BCUT2D eigenvalue weighted by Gasteiger charge is 2.26. The molecular formula is C16H21NO3S. The molecule has 1 aliphatic rings. The second kappa shape index (κ2) is 7.08. The smallest absolute Gasteiger partial charge is 0.240 e. The van der Waals surface area contributed by atoms with Crippen molar-refractivity contribution in [3.63, 3.8) is 0 Å². The quantitative estimate of drug-likeness (QED) is 0.789. The van der Waals surface area contributed by atoms with Gasteiger partial charge in [-0.3, -0.25) is 0 Å². The van der Waals surface area contributed by atoms with Gasteiger partial charge in [0.2, 0.25) is 10.0 Å². The number of aliphatic hydroxyl groups is 1. The minimum absolute atomic E-state index is 0.0300. The van der Waals surface area contributed by atoms with Crippen molar-refractivity contribution in [2.45, 2.75) is 43.5 Å². The van der Waals surface area contributed by atoms with Gasteiger partial charge in [0, 0.05) is 18.0 Å². The van der Waals surface area contributed by atoms with Crippen molar-refractivity contribution in [2.75, 3.05) is 6.61 Å². The van der Waals surface area contributed by atoms with Crippen LogP contribution in [0.1, 0.15) is 38.2 Å². The van der Waals surface area contributed by atoms with Gasteiger partial charge in [-0.15, -0.1) is 0 Å². The molecule has 114 valence electrons. The molecule has 0 spiro atoms. The maximum Gasteiger partial charge on any atom is 0.240 e. The molecular weight excluding hydrogens is 286 g/mol. The summed E-state index contributed by atoms with van der Waals surface area (Å²) in [5, 5.41) is 8.66. The zero-order chi connectivity index (χ0) is 15.3. The fraction of sp³-hybridized carbons (Fsp3) is 0.500. The number of sulfonamides is 1. The van der Waals surface area contributed by atoms with Crippen LogP contribution in [0.3, 0.4) is 0 Å². The molecule has 0 aliphatic heterocycles. The van der Waals surface area contributed by atoms with Gasteiger partial charge >= 0.3 is 0 Å². The summed E-state index contributed by atoms with van der Waals surface area (Å²) >= 11 is 0. The van der Waals surface area contributed by atoms with E-state index >= 15 is 0 Å². The normalized spacial score (nSPS) is 16.1. The highest BCUT2D eigenvalue weighted by Crippen LogP contribution is 2.33. The van der Waals surface area contributed by atoms with Gasteiger partial charge in [-0.25, -0.2) is 13.1 Å². The van der Waals surface area contributed by atoms with Crippen LogP contribution in [-0.2, 0) is 10.0 Å². The van der Waals surface area contributed by atoms with E-state index in [2.05, 4.69) is 16.6 Å². The first-order valence-corrected chi connectivity index (χ1v) is 8.71. The van der Waals surface area contributed by atoms with Gasteiger partial charge in [0.05, 0.1) is 11.5 Å². The molecule has 2 rings (SSSR count). The molecule has 0 bridgehead atoms. The molecule has 1 aromatic carbocycles. The molecule has 2 N–H and O–H groups in total. The van der Waals surface area contributed by atoms with Crippen LogP contribution in [-0.4, -0.2) is 26.2 Å². The lowest BCUT2D eigenvalue weighted by molar-refractivity contribution is 0.305. The van der Waals surface area contributed by atoms with Gasteiger partial charge in [-0.05, 0) is 43.5 Å². The average molecular weight is 307 g/mol. The average Bonchev–Trinajstić information content (AvgIpc) is 3.23. The van der Waals surface area contributed by atoms with Crippen LogP contribution < -0.4 is 4.72 Å². The predicted molar refractivity (Wildman–Crippen MR) is 82.1 cm³/mol. The van der Waals surface area contributed by atoms with E-state index in [1.165, 1.54) is 12.8 Å². The zero-order valence-electron chi connectivity index (χ0n) is 12.2. The number of hydrogen-bond donors (Lipinski definition) is 2. The third kappa shape index (κ3) is 5.16. The van der Waals surface area contributed by atoms with Crippen LogP contribution in [0.2, 0.25) is 0 Å². The SMILES string of the molecule is CC(CC1CC1)NS(=O)(=O)c1ccc(C#CCCO)cc1. The van der Waals surface area contributed by atoms with E-state index in [0.29, 0.717) is 12.3 Å². The molecule has 0 saturated heterocycles. The summed E-state index contributed by atoms with van der Waals surface area (Å²) in [4.78, 5) is 0.262. The molecule has 1 saturated carbocycles. The summed E-state index contributed by atoms with van der Waals surface area (Å²) in [5.74, 6) is 6.37. The summed E-state index contributed by atoms with van der Waals surface area (Å²) in [5.41, 5.74) is 0.744. The van der Waals surface area contributed by atoms with Gasteiger partial charge in [0.15, 0.2) is 0 Å². The maximum atomic E-state index is 12.2. The third-order valence-corrected chi connectivity index (χ3v) is 4.98. The Hall–Kier alpha value is -1.35. The molecule has 5 heteroatoms. The molecule has 1 fully saturated rings. The Labute approximate surface area is 126 Å². The van der Waals surface area contributed by atoms with Crippen LogP contribution >= 0.6 is 0 Å². The van der Waals surface area contributed by atoms with E-state index in [4.69, 9.17) is 5.11 Å². The first-order valence-electron chi connectivity index (χ1n) is 7.23. The zero-order valence-corrected chi connectivity index (χ0v) is 13.0. The Morgan fingerprint density at radius 1 is 1.33 bits per heavy atom. The van der Waals surface area contributed by atoms with E-state index in [0.717, 1.165) is 12.0 Å². The highest BCUT2D eigenvalue weighted by molar-refractivity contribution is 7.89. The Bertz CT molecular complexity index is 622. The van der Waals surface area contributed by atoms with Gasteiger partial charge in [0.1, 0.15) is 0 Å². The summed E-state index contributed by atoms with van der Waals surface area (Å²) in [6.45, 7) is 1.94. The third-order valence-electron chi connectivity index (χ3n) is 3.37. The fourth-order valence-corrected chi connectivity index (χ4v) is 3.43. The van der Waals surface area contributed by atoms with Crippen molar-refractivity contribution in [1.29, 1.82) is 0 Å². The Morgan fingerprint density at radius 2 is 2.00 bits per heavy atom. The van der Waals surface area contributed by atoms with Crippen LogP contribution in [0.25, 0.3) is 0 Å². The second-order valence-electron chi connectivity index (χ2n) is 5.50. The first-order chi connectivity index (χ1) is 10.0. The van der Waals surface area contributed by atoms with Crippen molar-refractivity contribution in [3.8, 4) is 11.8 Å². The molecule has 21 heavy (non-hydrogen) atoms. The fourth-order valence-electron chi connectivity index (χ4n) is 2.17. The van der Waals surface area contributed by atoms with Crippen LogP contribution in [0.15, 0.2) is 29.2 Å². The molecule has 0 radical (unpaired) electrons. The summed E-state index contributed by atoms with van der Waals surface area (Å²) in [6, 6.07) is 6.46. The van der Waals surface area contributed by atoms with Gasteiger partial charge in [-0.2, -0.15) is 0 Å². The molecule has 1 unspecified atom stereocenters. The molecule has 0 aromatic heterocycles. The van der Waals surface area contributed by atoms with E-state index in [1.54, 1.807) is 24.3 Å². The molecule has 1 atom stereocenters. The highest BCUT2D eigenvalue weighted by atomic mass is 32.2. The van der Waals surface area contributed by atoms with Crippen molar-refractivity contribution < 1.29 is 13.5 Å². The number of aliphatic hydroxyl groups excluding tert-OH is 1. The lowest BCUT2D eigenvalue weighted by Crippen LogP contribution is -2.32. The number of rotatable bonds is 6. The van der Waals surface area contributed by atoms with E-state index in [1.807, 2.05) is 6.92 Å². The van der Waals surface area contributed by atoms with E-state index in [9.17, 15) is 8.42 Å². The standard InChI is InChI=1S/C16H21NO3S/c1-13(12-15-5-6-15)17-21(19,20)16-9-7-14(8-10-16)4-2-3-11-18/h7-10,13,15,17-18H,3,5-6,11-12H2,1H3. The number of hydrogen-bond acceptors (Lipinski definition) is 3. The second-order valence-corrected chi connectivity index (χ2v) is 7.22. The number of benzene rings is 1. The lowest BCUT2D eigenvalue weighted by atomic mass is 10.2. The van der Waals surface area contributed by atoms with Gasteiger partial charge in [-0.1, -0.05) is 24.7 Å². The minimum atomic E-state index is -3.46. The maximum absolute atomic E-state index is 12.2. The lowest BCUT2D eigenvalue weighted by Gasteiger charge is -2.13. The Balaban J connectivity index is 2.00. The minimum Gasteiger partial charge on any atom is -0.395 e. The van der Waals surface area contributed by atoms with Gasteiger partial charge in [0.25, 0.3) is 0 Å². The van der Waals surface area contributed by atoms with Crippen molar-refractivity contribution in [3.05, 3.63) is 29.8 Å². The molecule has 1 aliphatic carbocycles. The van der Waals surface area contributed by atoms with Gasteiger partial charge < -0.3 is 5.11 Å². The van der Waals surface area contributed by atoms with Crippen molar-refractivity contribution in [1.82, 2.24) is 4.72 Å². The topological polar surface area (TPSA) is 66.4 Å². The summed E-state index contributed by atoms with van der Waals surface area (Å²) in [7, 11) is -3.46. The Kier molecular flexibility index (Phi) is 5.40. The van der Waals surface area contributed by atoms with E-state index < -0.39 is 10.0 Å². The largest absolute Gasteiger partial charge is 0.395 e. The van der Waals surface area contributed by atoms with Crippen molar-refractivity contribution >= 4 is 10.0 Å². The van der Waals surface area contributed by atoms with Crippen LogP contribution in [0.4, 0.5) is 0 Å². The van der Waals surface area contributed by atoms with Crippen molar-refractivity contribution in [2.24, 2.45) is 5.92 Å². The summed E-state index contributed by atoms with van der Waals surface area (Å²) in [6.07, 6.45) is 3.75. The first kappa shape index (κ1) is 16.0. The Morgan fingerprint density at radius 3 is 2.57 bits per heavy atom. The van der Waals surface area contributed by atoms with Crippen LogP contribution in [0, 0.1) is 17.8 Å². The summed E-state index contributed by atoms with van der Waals surface area (Å²) < 4.78 is 27.2. The molecule has 0 heterocycles. The predicted octanol–water partition coefficient (Wildman–Crippen LogP) is 1.89. The molecule has 0 amide bonds. The molecule has 1 aromatic rings. The number of nitrogens with one attached hydrogen (secondary N) is 1.